The summed E-state index contributed by atoms with van der Waals surface area (Å²) in [4.78, 5) is 5.36. The molecule has 2 nitrogen and oxygen atoms in total. The molecular weight excluding hydrogens is 208 g/mol. The van der Waals surface area contributed by atoms with Crippen molar-refractivity contribution < 1.29 is 0 Å². The van der Waals surface area contributed by atoms with Crippen LogP contribution in [-0.2, 0) is 0 Å². The monoisotopic (exact) mass is 238 g/mol. The maximum absolute atomic E-state index is 2.72. The summed E-state index contributed by atoms with van der Waals surface area (Å²) >= 11 is 0. The Morgan fingerprint density at radius 1 is 1.00 bits per heavy atom. The van der Waals surface area contributed by atoms with Crippen molar-refractivity contribution in [3.8, 4) is 0 Å². The summed E-state index contributed by atoms with van der Waals surface area (Å²) in [6.45, 7) is 16.1. The lowest BCUT2D eigenvalue weighted by Gasteiger charge is -2.23. The zero-order chi connectivity index (χ0) is 12.4. The molecule has 2 aliphatic heterocycles. The molecule has 0 aromatic carbocycles. The van der Waals surface area contributed by atoms with E-state index in [4.69, 9.17) is 0 Å². The maximum Gasteiger partial charge on any atom is 0.00387 e. The van der Waals surface area contributed by atoms with Crippen molar-refractivity contribution in [2.75, 3.05) is 32.7 Å². The van der Waals surface area contributed by atoms with E-state index < -0.39 is 0 Å². The molecular formula is C15H30N2. The summed E-state index contributed by atoms with van der Waals surface area (Å²) in [5, 5.41) is 0. The molecule has 0 aromatic rings. The molecule has 2 rings (SSSR count). The Bertz CT molecular complexity index is 213. The molecule has 2 heteroatoms. The molecule has 0 bridgehead atoms. The van der Waals surface area contributed by atoms with Crippen LogP contribution in [0.1, 0.15) is 40.5 Å². The van der Waals surface area contributed by atoms with Gasteiger partial charge in [-0.1, -0.05) is 13.8 Å². The molecule has 0 radical (unpaired) electrons. The van der Waals surface area contributed by atoms with Gasteiger partial charge in [0.15, 0.2) is 0 Å². The van der Waals surface area contributed by atoms with Crippen LogP contribution in [0.4, 0.5) is 0 Å². The quantitative estimate of drug-likeness (QED) is 0.743. The van der Waals surface area contributed by atoms with E-state index in [0.29, 0.717) is 0 Å². The minimum atomic E-state index is 0.738. The molecule has 0 aromatic heterocycles. The highest BCUT2D eigenvalue weighted by Gasteiger charge is 2.30. The van der Waals surface area contributed by atoms with Gasteiger partial charge in [-0.25, -0.2) is 0 Å². The van der Waals surface area contributed by atoms with Crippen LogP contribution in [0.25, 0.3) is 0 Å². The molecule has 0 N–H and O–H groups in total. The third-order valence-corrected chi connectivity index (χ3v) is 4.82. The second kappa shape index (κ2) is 5.71. The van der Waals surface area contributed by atoms with Crippen LogP contribution in [0.5, 0.6) is 0 Å². The third kappa shape index (κ3) is 3.45. The van der Waals surface area contributed by atoms with Gasteiger partial charge in [0.1, 0.15) is 0 Å². The lowest BCUT2D eigenvalue weighted by molar-refractivity contribution is 0.231. The van der Waals surface area contributed by atoms with Crippen LogP contribution in [0.2, 0.25) is 0 Å². The summed E-state index contributed by atoms with van der Waals surface area (Å²) in [5.74, 6) is 2.76. The van der Waals surface area contributed by atoms with Crippen molar-refractivity contribution in [2.45, 2.75) is 46.6 Å². The highest BCUT2D eigenvalue weighted by Crippen LogP contribution is 2.26. The second-order valence-electron chi connectivity index (χ2n) is 6.80. The van der Waals surface area contributed by atoms with Crippen molar-refractivity contribution in [1.29, 1.82) is 0 Å². The van der Waals surface area contributed by atoms with Gasteiger partial charge in [-0.2, -0.15) is 0 Å². The Balaban J connectivity index is 1.73. The molecule has 2 heterocycles. The van der Waals surface area contributed by atoms with Gasteiger partial charge in [0.2, 0.25) is 0 Å². The van der Waals surface area contributed by atoms with Crippen molar-refractivity contribution in [1.82, 2.24) is 9.80 Å². The minimum Gasteiger partial charge on any atom is -0.303 e. The maximum atomic E-state index is 2.72. The largest absolute Gasteiger partial charge is 0.303 e. The molecule has 2 aliphatic rings. The van der Waals surface area contributed by atoms with Gasteiger partial charge in [0.05, 0.1) is 0 Å². The van der Waals surface area contributed by atoms with E-state index in [1.165, 1.54) is 45.6 Å². The first-order valence-electron chi connectivity index (χ1n) is 7.52. The normalized spacial score (nSPS) is 32.1. The Morgan fingerprint density at radius 2 is 1.76 bits per heavy atom. The predicted octanol–water partition coefficient (Wildman–Crippen LogP) is 2.69. The van der Waals surface area contributed by atoms with Crippen LogP contribution in [0.15, 0.2) is 0 Å². The smallest absolute Gasteiger partial charge is 0.00387 e. The highest BCUT2D eigenvalue weighted by molar-refractivity contribution is 4.84. The Labute approximate surface area is 107 Å². The Morgan fingerprint density at radius 3 is 2.29 bits per heavy atom. The van der Waals surface area contributed by atoms with Crippen LogP contribution >= 0.6 is 0 Å². The fraction of sp³-hybridized carbons (Fsp3) is 1.00. The van der Waals surface area contributed by atoms with E-state index in [-0.39, 0.29) is 0 Å². The number of hydrogen-bond acceptors (Lipinski definition) is 2. The molecule has 2 fully saturated rings. The average Bonchev–Trinajstić information content (AvgIpc) is 2.87. The van der Waals surface area contributed by atoms with Crippen molar-refractivity contribution >= 4 is 0 Å². The molecule has 17 heavy (non-hydrogen) atoms. The lowest BCUT2D eigenvalue weighted by atomic mass is 9.95. The number of hydrogen-bond donors (Lipinski definition) is 0. The van der Waals surface area contributed by atoms with Gasteiger partial charge < -0.3 is 9.80 Å². The zero-order valence-corrected chi connectivity index (χ0v) is 12.2. The first-order valence-corrected chi connectivity index (χ1v) is 7.52. The standard InChI is InChI=1S/C15H30N2/c1-12(2)15-6-7-16(11-15)9-14-5-8-17(10-14)13(3)4/h12-15H,5-11H2,1-4H3/t14-,15+/m1/s1. The predicted molar refractivity (Wildman–Crippen MR) is 74.2 cm³/mol. The first kappa shape index (κ1) is 13.4. The van der Waals surface area contributed by atoms with E-state index in [2.05, 4.69) is 37.5 Å². The number of nitrogens with zero attached hydrogens (tertiary/aromatic N) is 2. The van der Waals surface area contributed by atoms with Crippen LogP contribution in [0.3, 0.4) is 0 Å². The Kier molecular flexibility index (Phi) is 4.48. The molecule has 0 amide bonds. The zero-order valence-electron chi connectivity index (χ0n) is 12.2. The molecule has 0 saturated carbocycles. The first-order chi connectivity index (χ1) is 8.06. The fourth-order valence-electron chi connectivity index (χ4n) is 3.42. The highest BCUT2D eigenvalue weighted by atomic mass is 15.2. The summed E-state index contributed by atoms with van der Waals surface area (Å²) in [6.07, 6.45) is 2.85. The van der Waals surface area contributed by atoms with E-state index in [1.807, 2.05) is 0 Å². The fourth-order valence-corrected chi connectivity index (χ4v) is 3.42. The molecule has 0 unspecified atom stereocenters. The van der Waals surface area contributed by atoms with Crippen molar-refractivity contribution in [2.24, 2.45) is 17.8 Å². The van der Waals surface area contributed by atoms with E-state index >= 15 is 0 Å². The Hall–Kier alpha value is -0.0800. The molecule has 100 valence electrons. The van der Waals surface area contributed by atoms with Gasteiger partial charge in [0, 0.05) is 25.7 Å². The van der Waals surface area contributed by atoms with E-state index in [0.717, 1.165) is 23.8 Å². The average molecular weight is 238 g/mol. The molecule has 2 saturated heterocycles. The lowest BCUT2D eigenvalue weighted by Crippen LogP contribution is -2.32. The van der Waals surface area contributed by atoms with E-state index in [9.17, 15) is 0 Å². The van der Waals surface area contributed by atoms with Gasteiger partial charge in [-0.3, -0.25) is 0 Å². The van der Waals surface area contributed by atoms with Gasteiger partial charge in [0.25, 0.3) is 0 Å². The van der Waals surface area contributed by atoms with Gasteiger partial charge in [-0.15, -0.1) is 0 Å². The molecule has 0 aliphatic carbocycles. The van der Waals surface area contributed by atoms with Gasteiger partial charge >= 0.3 is 0 Å². The number of likely N-dealkylation sites (tertiary alicyclic amines) is 2. The van der Waals surface area contributed by atoms with Gasteiger partial charge in [-0.05, 0) is 57.5 Å². The van der Waals surface area contributed by atoms with Crippen LogP contribution in [-0.4, -0.2) is 48.6 Å². The summed E-state index contributed by atoms with van der Waals surface area (Å²) < 4.78 is 0. The topological polar surface area (TPSA) is 6.48 Å². The number of rotatable bonds is 4. The SMILES string of the molecule is CC(C)[C@H]1CCN(C[C@H]2CCN(C(C)C)C2)C1. The van der Waals surface area contributed by atoms with Crippen LogP contribution in [0, 0.1) is 17.8 Å². The summed E-state index contributed by atoms with van der Waals surface area (Å²) in [7, 11) is 0. The third-order valence-electron chi connectivity index (χ3n) is 4.82. The summed E-state index contributed by atoms with van der Waals surface area (Å²) in [5.41, 5.74) is 0. The van der Waals surface area contributed by atoms with Crippen LogP contribution < -0.4 is 0 Å². The summed E-state index contributed by atoms with van der Waals surface area (Å²) in [6, 6.07) is 0.738. The second-order valence-corrected chi connectivity index (χ2v) is 6.80. The minimum absolute atomic E-state index is 0.738. The van der Waals surface area contributed by atoms with Crippen molar-refractivity contribution in [3.05, 3.63) is 0 Å². The molecule has 2 atom stereocenters. The van der Waals surface area contributed by atoms with Crippen molar-refractivity contribution in [3.63, 3.8) is 0 Å². The van der Waals surface area contributed by atoms with E-state index in [1.54, 1.807) is 0 Å². The molecule has 0 spiro atoms.